The third kappa shape index (κ3) is 4.53. The van der Waals surface area contributed by atoms with Gasteiger partial charge in [0.1, 0.15) is 5.03 Å². The van der Waals surface area contributed by atoms with Crippen molar-refractivity contribution in [2.24, 2.45) is 0 Å². The zero-order valence-electron chi connectivity index (χ0n) is 10.9. The fourth-order valence-corrected chi connectivity index (χ4v) is 2.67. The van der Waals surface area contributed by atoms with Crippen LogP contribution in [-0.4, -0.2) is 11.5 Å². The normalized spacial score (nSPS) is 10.6. The van der Waals surface area contributed by atoms with Crippen LogP contribution >= 0.6 is 23.4 Å². The molecule has 0 amide bonds. The van der Waals surface area contributed by atoms with Gasteiger partial charge in [0.15, 0.2) is 0 Å². The number of hydrogen-bond acceptors (Lipinski definition) is 3. The molecule has 0 fully saturated rings. The minimum absolute atomic E-state index is 0.759. The predicted octanol–water partition coefficient (Wildman–Crippen LogP) is 4.39. The van der Waals surface area contributed by atoms with E-state index in [9.17, 15) is 0 Å². The summed E-state index contributed by atoms with van der Waals surface area (Å²) in [6, 6.07) is 11.9. The van der Waals surface area contributed by atoms with Crippen molar-refractivity contribution in [2.75, 3.05) is 6.54 Å². The van der Waals surface area contributed by atoms with Crippen LogP contribution in [-0.2, 0) is 6.54 Å². The predicted molar refractivity (Wildman–Crippen MR) is 81.8 cm³/mol. The molecule has 0 aliphatic rings. The first-order valence-corrected chi connectivity index (χ1v) is 7.57. The second-order valence-electron chi connectivity index (χ2n) is 4.20. The second-order valence-corrected chi connectivity index (χ2v) is 5.70. The van der Waals surface area contributed by atoms with Crippen LogP contribution in [0.15, 0.2) is 52.5 Å². The molecule has 0 aliphatic heterocycles. The number of nitrogens with zero attached hydrogens (tertiary/aromatic N) is 1. The highest BCUT2D eigenvalue weighted by Crippen LogP contribution is 2.29. The summed E-state index contributed by atoms with van der Waals surface area (Å²) in [7, 11) is 0. The summed E-state index contributed by atoms with van der Waals surface area (Å²) >= 11 is 7.57. The minimum Gasteiger partial charge on any atom is -0.313 e. The van der Waals surface area contributed by atoms with Gasteiger partial charge in [-0.05, 0) is 48.9 Å². The number of pyridine rings is 1. The molecule has 0 atom stereocenters. The summed E-state index contributed by atoms with van der Waals surface area (Å²) in [5.41, 5.74) is 1.23. The molecule has 1 heterocycles. The zero-order valence-corrected chi connectivity index (χ0v) is 12.5. The quantitative estimate of drug-likeness (QED) is 0.800. The van der Waals surface area contributed by atoms with Crippen molar-refractivity contribution in [3.63, 3.8) is 0 Å². The van der Waals surface area contributed by atoms with Crippen LogP contribution < -0.4 is 5.32 Å². The van der Waals surface area contributed by atoms with Crippen molar-refractivity contribution in [3.05, 3.63) is 53.2 Å². The molecule has 1 aromatic carbocycles. The summed E-state index contributed by atoms with van der Waals surface area (Å²) in [5, 5.41) is 5.22. The van der Waals surface area contributed by atoms with Gasteiger partial charge < -0.3 is 5.32 Å². The van der Waals surface area contributed by atoms with Gasteiger partial charge in [0.05, 0.1) is 0 Å². The molecule has 2 rings (SSSR count). The highest BCUT2D eigenvalue weighted by atomic mass is 35.5. The number of halogens is 1. The van der Waals surface area contributed by atoms with Crippen LogP contribution in [0.2, 0.25) is 5.02 Å². The standard InChI is InChI=1S/C15H17ClN2S/c1-2-9-17-11-12-4-3-10-18-15(12)19-14-7-5-13(16)6-8-14/h3-8,10,17H,2,9,11H2,1H3. The molecule has 0 saturated carbocycles. The van der Waals surface area contributed by atoms with Gasteiger partial charge in [-0.15, -0.1) is 0 Å². The third-order valence-corrected chi connectivity index (χ3v) is 3.94. The number of aromatic nitrogens is 1. The zero-order chi connectivity index (χ0) is 13.5. The van der Waals surface area contributed by atoms with Gasteiger partial charge >= 0.3 is 0 Å². The first kappa shape index (κ1) is 14.4. The summed E-state index contributed by atoms with van der Waals surface area (Å²) in [6.45, 7) is 4.05. The Labute approximate surface area is 123 Å². The van der Waals surface area contributed by atoms with Crippen molar-refractivity contribution in [1.29, 1.82) is 0 Å². The van der Waals surface area contributed by atoms with Crippen LogP contribution in [0.25, 0.3) is 0 Å². The van der Waals surface area contributed by atoms with Crippen molar-refractivity contribution in [3.8, 4) is 0 Å². The average molecular weight is 293 g/mol. The number of hydrogen-bond donors (Lipinski definition) is 1. The van der Waals surface area contributed by atoms with Crippen LogP contribution in [0.5, 0.6) is 0 Å². The molecule has 1 N–H and O–H groups in total. The fraction of sp³-hybridized carbons (Fsp3) is 0.267. The summed E-state index contributed by atoms with van der Waals surface area (Å²) < 4.78 is 0. The lowest BCUT2D eigenvalue weighted by Crippen LogP contribution is -2.14. The van der Waals surface area contributed by atoms with Crippen molar-refractivity contribution in [2.45, 2.75) is 29.8 Å². The summed E-state index contributed by atoms with van der Waals surface area (Å²) in [5.74, 6) is 0. The van der Waals surface area contributed by atoms with Crippen molar-refractivity contribution in [1.82, 2.24) is 10.3 Å². The van der Waals surface area contributed by atoms with Gasteiger partial charge in [0, 0.05) is 22.7 Å². The average Bonchev–Trinajstić information content (AvgIpc) is 2.43. The molecule has 2 aromatic rings. The number of nitrogens with one attached hydrogen (secondary N) is 1. The Bertz CT molecular complexity index is 514. The Balaban J connectivity index is 2.08. The van der Waals surface area contributed by atoms with Gasteiger partial charge in [-0.3, -0.25) is 0 Å². The molecule has 2 nitrogen and oxygen atoms in total. The monoisotopic (exact) mass is 292 g/mol. The summed E-state index contributed by atoms with van der Waals surface area (Å²) in [6.07, 6.45) is 2.97. The minimum atomic E-state index is 0.759. The summed E-state index contributed by atoms with van der Waals surface area (Å²) in [4.78, 5) is 5.62. The molecule has 19 heavy (non-hydrogen) atoms. The van der Waals surface area contributed by atoms with Gasteiger partial charge in [0.2, 0.25) is 0 Å². The molecule has 4 heteroatoms. The Morgan fingerprint density at radius 3 is 2.74 bits per heavy atom. The second kappa shape index (κ2) is 7.53. The van der Waals surface area contributed by atoms with Crippen LogP contribution in [0.3, 0.4) is 0 Å². The smallest absolute Gasteiger partial charge is 0.105 e. The van der Waals surface area contributed by atoms with E-state index in [0.717, 1.165) is 34.5 Å². The number of benzene rings is 1. The van der Waals surface area contributed by atoms with E-state index in [2.05, 4.69) is 23.3 Å². The van der Waals surface area contributed by atoms with Crippen LogP contribution in [0.4, 0.5) is 0 Å². The Morgan fingerprint density at radius 1 is 1.21 bits per heavy atom. The lowest BCUT2D eigenvalue weighted by Gasteiger charge is -2.08. The van der Waals surface area contributed by atoms with E-state index in [-0.39, 0.29) is 0 Å². The van der Waals surface area contributed by atoms with Gasteiger partial charge in [-0.2, -0.15) is 0 Å². The van der Waals surface area contributed by atoms with Gasteiger partial charge in [0.25, 0.3) is 0 Å². The van der Waals surface area contributed by atoms with E-state index < -0.39 is 0 Å². The Kier molecular flexibility index (Phi) is 5.70. The highest BCUT2D eigenvalue weighted by Gasteiger charge is 2.05. The molecule has 0 unspecified atom stereocenters. The molecular formula is C15H17ClN2S. The maximum atomic E-state index is 5.90. The molecular weight excluding hydrogens is 276 g/mol. The van der Waals surface area contributed by atoms with Crippen molar-refractivity contribution >= 4 is 23.4 Å². The van der Waals surface area contributed by atoms with E-state index in [0.29, 0.717) is 0 Å². The first-order chi connectivity index (χ1) is 9.29. The lowest BCUT2D eigenvalue weighted by molar-refractivity contribution is 0.665. The maximum absolute atomic E-state index is 5.90. The highest BCUT2D eigenvalue weighted by molar-refractivity contribution is 7.99. The SMILES string of the molecule is CCCNCc1cccnc1Sc1ccc(Cl)cc1. The largest absolute Gasteiger partial charge is 0.313 e. The van der Waals surface area contributed by atoms with E-state index in [4.69, 9.17) is 11.6 Å². The first-order valence-electron chi connectivity index (χ1n) is 6.37. The van der Waals surface area contributed by atoms with E-state index >= 15 is 0 Å². The molecule has 0 bridgehead atoms. The molecule has 0 saturated heterocycles. The topological polar surface area (TPSA) is 24.9 Å². The molecule has 0 aliphatic carbocycles. The van der Waals surface area contributed by atoms with E-state index in [1.807, 2.05) is 36.5 Å². The van der Waals surface area contributed by atoms with Crippen LogP contribution in [0, 0.1) is 0 Å². The molecule has 100 valence electrons. The molecule has 1 aromatic heterocycles. The lowest BCUT2D eigenvalue weighted by atomic mass is 10.3. The van der Waals surface area contributed by atoms with Crippen LogP contribution in [0.1, 0.15) is 18.9 Å². The molecule has 0 radical (unpaired) electrons. The third-order valence-electron chi connectivity index (χ3n) is 2.62. The Hall–Kier alpha value is -1.03. The van der Waals surface area contributed by atoms with E-state index in [1.54, 1.807) is 11.8 Å². The van der Waals surface area contributed by atoms with E-state index in [1.165, 1.54) is 5.56 Å². The van der Waals surface area contributed by atoms with Crippen molar-refractivity contribution < 1.29 is 0 Å². The van der Waals surface area contributed by atoms with Gasteiger partial charge in [-0.1, -0.05) is 36.4 Å². The number of rotatable bonds is 6. The maximum Gasteiger partial charge on any atom is 0.105 e. The van der Waals surface area contributed by atoms with Gasteiger partial charge in [-0.25, -0.2) is 4.98 Å². The molecule has 0 spiro atoms. The fourth-order valence-electron chi connectivity index (χ4n) is 1.66. The Morgan fingerprint density at radius 2 is 2.00 bits per heavy atom.